The van der Waals surface area contributed by atoms with Gasteiger partial charge in [0, 0.05) is 11.3 Å². The van der Waals surface area contributed by atoms with Gasteiger partial charge in [0.15, 0.2) is 21.5 Å². The first-order chi connectivity index (χ1) is 10.7. The smallest absolute Gasteiger partial charge is 0.255 e. The average Bonchev–Trinajstić information content (AvgIpc) is 2.50. The van der Waals surface area contributed by atoms with Crippen LogP contribution in [0.2, 0.25) is 0 Å². The lowest BCUT2D eigenvalue weighted by Gasteiger charge is -2.09. The zero-order valence-corrected chi connectivity index (χ0v) is 13.3. The molecule has 122 valence electrons. The molecule has 0 saturated carbocycles. The van der Waals surface area contributed by atoms with Gasteiger partial charge in [0.05, 0.1) is 10.1 Å². The number of sulfone groups is 1. The van der Waals surface area contributed by atoms with E-state index >= 15 is 0 Å². The number of halogens is 2. The first kappa shape index (κ1) is 17.1. The number of carbonyl (C=O) groups is 1. The van der Waals surface area contributed by atoms with Crippen LogP contribution in [0.25, 0.3) is 0 Å². The lowest BCUT2D eigenvalue weighted by molar-refractivity contribution is 0.102. The Kier molecular flexibility index (Phi) is 4.79. The molecule has 0 aromatic heterocycles. The van der Waals surface area contributed by atoms with Crippen molar-refractivity contribution in [2.24, 2.45) is 0 Å². The third-order valence-corrected chi connectivity index (χ3v) is 5.41. The molecule has 2 aromatic rings. The van der Waals surface area contributed by atoms with E-state index in [1.807, 2.05) is 0 Å². The normalized spacial score (nSPS) is 11.5. The van der Waals surface area contributed by atoms with Gasteiger partial charge < -0.3 is 5.32 Å². The minimum Gasteiger partial charge on any atom is -0.322 e. The summed E-state index contributed by atoms with van der Waals surface area (Å²) in [5, 5.41) is 1.94. The van der Waals surface area contributed by atoms with Crippen molar-refractivity contribution in [1.29, 1.82) is 0 Å². The van der Waals surface area contributed by atoms with Gasteiger partial charge in [-0.1, -0.05) is 0 Å². The Hall–Kier alpha value is -2.28. The van der Waals surface area contributed by atoms with E-state index in [1.54, 1.807) is 13.8 Å². The van der Waals surface area contributed by atoms with Crippen molar-refractivity contribution < 1.29 is 22.0 Å². The topological polar surface area (TPSA) is 63.2 Å². The second-order valence-corrected chi connectivity index (χ2v) is 7.71. The molecule has 1 amide bonds. The molecule has 2 aromatic carbocycles. The first-order valence-electron chi connectivity index (χ1n) is 6.82. The summed E-state index contributed by atoms with van der Waals surface area (Å²) >= 11 is 0. The molecule has 23 heavy (non-hydrogen) atoms. The highest BCUT2D eigenvalue weighted by atomic mass is 32.2. The van der Waals surface area contributed by atoms with E-state index in [-0.39, 0.29) is 10.5 Å². The molecule has 1 N–H and O–H groups in total. The van der Waals surface area contributed by atoms with Gasteiger partial charge in [-0.15, -0.1) is 0 Å². The Balaban J connectivity index is 2.18. The highest BCUT2D eigenvalue weighted by Crippen LogP contribution is 2.19. The van der Waals surface area contributed by atoms with Gasteiger partial charge in [-0.25, -0.2) is 17.2 Å². The van der Waals surface area contributed by atoms with Crippen LogP contribution in [0.5, 0.6) is 0 Å². The molecule has 4 nitrogen and oxygen atoms in total. The summed E-state index contributed by atoms with van der Waals surface area (Å²) in [6, 6.07) is 8.46. The standard InChI is InChI=1S/C16H15F2NO3S/c1-10(2)23(21,22)13-6-4-12(5-7-13)19-16(20)11-3-8-14(17)15(18)9-11/h3-10H,1-2H3,(H,19,20). The predicted molar refractivity (Wildman–Crippen MR) is 83.1 cm³/mol. The lowest BCUT2D eigenvalue weighted by atomic mass is 10.2. The third-order valence-electron chi connectivity index (χ3n) is 3.24. The Bertz CT molecular complexity index is 831. The van der Waals surface area contributed by atoms with Crippen LogP contribution in [0.4, 0.5) is 14.5 Å². The molecular formula is C16H15F2NO3S. The van der Waals surface area contributed by atoms with Crippen LogP contribution in [0.1, 0.15) is 24.2 Å². The fourth-order valence-electron chi connectivity index (χ4n) is 1.84. The highest BCUT2D eigenvalue weighted by molar-refractivity contribution is 7.92. The molecule has 0 spiro atoms. The molecule has 0 aliphatic carbocycles. The van der Waals surface area contributed by atoms with E-state index in [9.17, 15) is 22.0 Å². The molecule has 0 unspecified atom stereocenters. The van der Waals surface area contributed by atoms with Crippen molar-refractivity contribution in [3.8, 4) is 0 Å². The van der Waals surface area contributed by atoms with Crippen molar-refractivity contribution in [1.82, 2.24) is 0 Å². The summed E-state index contributed by atoms with van der Waals surface area (Å²) in [5.41, 5.74) is 0.310. The van der Waals surface area contributed by atoms with E-state index in [2.05, 4.69) is 5.32 Å². The summed E-state index contributed by atoms with van der Waals surface area (Å²) in [7, 11) is -3.39. The number of carbonyl (C=O) groups excluding carboxylic acids is 1. The summed E-state index contributed by atoms with van der Waals surface area (Å²) in [6.07, 6.45) is 0. The number of benzene rings is 2. The molecule has 0 aliphatic rings. The molecule has 0 heterocycles. The lowest BCUT2D eigenvalue weighted by Crippen LogP contribution is -2.15. The van der Waals surface area contributed by atoms with Crippen LogP contribution in [0, 0.1) is 11.6 Å². The van der Waals surface area contributed by atoms with Gasteiger partial charge in [-0.05, 0) is 56.3 Å². The minimum absolute atomic E-state index is 0.0391. The van der Waals surface area contributed by atoms with Crippen molar-refractivity contribution in [3.05, 3.63) is 59.7 Å². The van der Waals surface area contributed by atoms with Crippen LogP contribution in [0.3, 0.4) is 0 Å². The number of nitrogens with one attached hydrogen (secondary N) is 1. The molecule has 7 heteroatoms. The monoisotopic (exact) mass is 339 g/mol. The summed E-state index contributed by atoms with van der Waals surface area (Å²) < 4.78 is 49.9. The molecule has 0 radical (unpaired) electrons. The van der Waals surface area contributed by atoms with Crippen molar-refractivity contribution >= 4 is 21.4 Å². The zero-order chi connectivity index (χ0) is 17.2. The second-order valence-electron chi connectivity index (χ2n) is 5.20. The Morgan fingerprint density at radius 1 is 1.00 bits per heavy atom. The van der Waals surface area contributed by atoms with E-state index in [1.165, 1.54) is 24.3 Å². The maximum Gasteiger partial charge on any atom is 0.255 e. The summed E-state index contributed by atoms with van der Waals surface area (Å²) in [5.74, 6) is -2.77. The van der Waals surface area contributed by atoms with Crippen LogP contribution in [-0.4, -0.2) is 19.6 Å². The SMILES string of the molecule is CC(C)S(=O)(=O)c1ccc(NC(=O)c2ccc(F)c(F)c2)cc1. The zero-order valence-electron chi connectivity index (χ0n) is 12.5. The van der Waals surface area contributed by atoms with E-state index in [4.69, 9.17) is 0 Å². The van der Waals surface area contributed by atoms with Crippen molar-refractivity contribution in [2.75, 3.05) is 5.32 Å². The van der Waals surface area contributed by atoms with Crippen LogP contribution < -0.4 is 5.32 Å². The molecule has 0 aliphatic heterocycles. The molecule has 0 bridgehead atoms. The molecular weight excluding hydrogens is 324 g/mol. The number of anilines is 1. The van der Waals surface area contributed by atoms with E-state index in [0.717, 1.165) is 18.2 Å². The van der Waals surface area contributed by atoms with Gasteiger partial charge in [-0.2, -0.15) is 0 Å². The second kappa shape index (κ2) is 6.45. The van der Waals surface area contributed by atoms with Gasteiger partial charge in [-0.3, -0.25) is 4.79 Å². The fourth-order valence-corrected chi connectivity index (χ4v) is 2.90. The Morgan fingerprint density at radius 3 is 2.13 bits per heavy atom. The van der Waals surface area contributed by atoms with Crippen molar-refractivity contribution in [3.63, 3.8) is 0 Å². The number of hydrogen-bond donors (Lipinski definition) is 1. The van der Waals surface area contributed by atoms with Crippen molar-refractivity contribution in [2.45, 2.75) is 24.0 Å². The Morgan fingerprint density at radius 2 is 1.61 bits per heavy atom. The van der Waals surface area contributed by atoms with Crippen LogP contribution >= 0.6 is 0 Å². The summed E-state index contributed by atoms with van der Waals surface area (Å²) in [6.45, 7) is 3.15. The highest BCUT2D eigenvalue weighted by Gasteiger charge is 2.19. The molecule has 0 saturated heterocycles. The number of hydrogen-bond acceptors (Lipinski definition) is 3. The van der Waals surface area contributed by atoms with Crippen LogP contribution in [0.15, 0.2) is 47.4 Å². The first-order valence-corrected chi connectivity index (χ1v) is 8.37. The molecule has 2 rings (SSSR count). The maximum atomic E-state index is 13.1. The minimum atomic E-state index is -3.39. The molecule has 0 atom stereocenters. The van der Waals surface area contributed by atoms with Gasteiger partial charge in [0.1, 0.15) is 0 Å². The summed E-state index contributed by atoms with van der Waals surface area (Å²) in [4.78, 5) is 12.1. The Labute approximate surface area is 133 Å². The van der Waals surface area contributed by atoms with E-state index in [0.29, 0.717) is 5.69 Å². The predicted octanol–water partition coefficient (Wildman–Crippen LogP) is 3.40. The van der Waals surface area contributed by atoms with Gasteiger partial charge >= 0.3 is 0 Å². The van der Waals surface area contributed by atoms with Crippen LogP contribution in [-0.2, 0) is 9.84 Å². The number of amides is 1. The number of rotatable bonds is 4. The van der Waals surface area contributed by atoms with Gasteiger partial charge in [0.2, 0.25) is 0 Å². The largest absolute Gasteiger partial charge is 0.322 e. The average molecular weight is 339 g/mol. The quantitative estimate of drug-likeness (QED) is 0.928. The maximum absolute atomic E-state index is 13.1. The third kappa shape index (κ3) is 3.73. The van der Waals surface area contributed by atoms with E-state index < -0.39 is 32.6 Å². The molecule has 0 fully saturated rings. The van der Waals surface area contributed by atoms with Gasteiger partial charge in [0.25, 0.3) is 5.91 Å². The fraction of sp³-hybridized carbons (Fsp3) is 0.188.